The van der Waals surface area contributed by atoms with Crippen molar-refractivity contribution in [1.82, 2.24) is 10.9 Å². The molecular formula is C30H29N3O9. The van der Waals surface area contributed by atoms with Gasteiger partial charge in [0.2, 0.25) is 18.1 Å². The molecule has 3 aromatic rings. The van der Waals surface area contributed by atoms with Crippen LogP contribution in [0.4, 0.5) is 5.69 Å². The highest BCUT2D eigenvalue weighted by molar-refractivity contribution is 5.99. The van der Waals surface area contributed by atoms with Crippen LogP contribution in [-0.4, -0.2) is 52.9 Å². The van der Waals surface area contributed by atoms with Gasteiger partial charge in [-0.25, -0.2) is 14.4 Å². The molecule has 0 aliphatic carbocycles. The van der Waals surface area contributed by atoms with Crippen molar-refractivity contribution in [3.63, 3.8) is 0 Å². The zero-order valence-corrected chi connectivity index (χ0v) is 23.0. The third kappa shape index (κ3) is 8.49. The lowest BCUT2D eigenvalue weighted by Crippen LogP contribution is -2.54. The second-order valence-corrected chi connectivity index (χ2v) is 9.15. The summed E-state index contributed by atoms with van der Waals surface area (Å²) in [5, 5.41) is 12.5. The number of hydrogen-bond acceptors (Lipinski definition) is 8. The van der Waals surface area contributed by atoms with Crippen LogP contribution >= 0.6 is 0 Å². The van der Waals surface area contributed by atoms with Gasteiger partial charge in [-0.15, -0.1) is 0 Å². The van der Waals surface area contributed by atoms with Crippen molar-refractivity contribution in [2.75, 3.05) is 5.32 Å². The fourth-order valence-electron chi connectivity index (χ4n) is 3.62. The van der Waals surface area contributed by atoms with Gasteiger partial charge in [0, 0.05) is 17.7 Å². The largest absolute Gasteiger partial charge is 0.478 e. The van der Waals surface area contributed by atoms with Crippen molar-refractivity contribution in [2.24, 2.45) is 0 Å². The van der Waals surface area contributed by atoms with Gasteiger partial charge in [0.25, 0.3) is 11.8 Å². The third-order valence-corrected chi connectivity index (χ3v) is 5.80. The van der Waals surface area contributed by atoms with Crippen molar-refractivity contribution in [2.45, 2.75) is 39.4 Å². The number of hydrazine groups is 1. The van der Waals surface area contributed by atoms with Gasteiger partial charge >= 0.3 is 17.9 Å². The Kier molecular flexibility index (Phi) is 10.5. The summed E-state index contributed by atoms with van der Waals surface area (Å²) in [5.41, 5.74) is 6.08. The molecule has 3 rings (SSSR count). The van der Waals surface area contributed by atoms with E-state index in [4.69, 9.17) is 9.47 Å². The summed E-state index contributed by atoms with van der Waals surface area (Å²) in [6, 6.07) is 18.0. The molecule has 0 bridgehead atoms. The van der Waals surface area contributed by atoms with Crippen molar-refractivity contribution in [1.29, 1.82) is 0 Å². The van der Waals surface area contributed by atoms with Crippen molar-refractivity contribution in [3.05, 3.63) is 101 Å². The summed E-state index contributed by atoms with van der Waals surface area (Å²) in [4.78, 5) is 75.1. The normalized spacial score (nSPS) is 11.8. The lowest BCUT2D eigenvalue weighted by Gasteiger charge is -2.23. The maximum Gasteiger partial charge on any atom is 0.349 e. The molecule has 3 aromatic carbocycles. The van der Waals surface area contributed by atoms with Crippen molar-refractivity contribution >= 4 is 41.3 Å². The number of aryl methyl sites for hydroxylation is 2. The van der Waals surface area contributed by atoms with E-state index in [-0.39, 0.29) is 29.0 Å². The Hall–Kier alpha value is -5.52. The number of ether oxygens (including phenoxy) is 2. The van der Waals surface area contributed by atoms with E-state index >= 15 is 0 Å². The van der Waals surface area contributed by atoms with Crippen LogP contribution in [-0.2, 0) is 23.9 Å². The predicted octanol–water partition coefficient (Wildman–Crippen LogP) is 2.95. The molecule has 0 saturated heterocycles. The summed E-state index contributed by atoms with van der Waals surface area (Å²) < 4.78 is 10.4. The Morgan fingerprint density at radius 2 is 1.24 bits per heavy atom. The number of amides is 3. The Morgan fingerprint density at radius 3 is 1.71 bits per heavy atom. The standard InChI is InChI=1S/C30H29N3O9/c1-4-23(34)31-22-13-11-19(12-14-22)26(35)32-33-27(36)24(41-29(39)20-9-5-7-17(2)15-20)25(28(37)38)42-30(40)21-10-6-8-18(3)16-21/h5-16,24-25H,4H2,1-3H3,(H,31,34)(H,32,35)(H,33,36)(H,37,38)/t24-,25+/m1/s1. The Balaban J connectivity index is 1.81. The van der Waals surface area contributed by atoms with E-state index < -0.39 is 41.9 Å². The number of benzene rings is 3. The van der Waals surface area contributed by atoms with Crippen LogP contribution in [0.2, 0.25) is 0 Å². The summed E-state index contributed by atoms with van der Waals surface area (Å²) in [7, 11) is 0. The molecule has 0 aliphatic heterocycles. The summed E-state index contributed by atoms with van der Waals surface area (Å²) in [5.74, 6) is -6.21. The molecule has 0 spiro atoms. The lowest BCUT2D eigenvalue weighted by atomic mass is 10.1. The lowest BCUT2D eigenvalue weighted by molar-refractivity contribution is -0.159. The molecule has 42 heavy (non-hydrogen) atoms. The van der Waals surface area contributed by atoms with E-state index in [9.17, 15) is 33.9 Å². The quantitative estimate of drug-likeness (QED) is 0.209. The predicted molar refractivity (Wildman–Crippen MR) is 149 cm³/mol. The summed E-state index contributed by atoms with van der Waals surface area (Å²) >= 11 is 0. The minimum atomic E-state index is -2.27. The molecule has 12 nitrogen and oxygen atoms in total. The smallest absolute Gasteiger partial charge is 0.349 e. The molecule has 2 atom stereocenters. The fourth-order valence-corrected chi connectivity index (χ4v) is 3.62. The molecule has 4 N–H and O–H groups in total. The number of anilines is 1. The average molecular weight is 576 g/mol. The molecule has 12 heteroatoms. The van der Waals surface area contributed by atoms with Crippen LogP contribution in [0.1, 0.15) is 55.5 Å². The van der Waals surface area contributed by atoms with Crippen molar-refractivity contribution in [3.8, 4) is 0 Å². The number of rotatable bonds is 10. The second-order valence-electron chi connectivity index (χ2n) is 9.15. The van der Waals surface area contributed by atoms with Crippen LogP contribution in [0.15, 0.2) is 72.8 Å². The zero-order chi connectivity index (χ0) is 30.8. The highest BCUT2D eigenvalue weighted by Crippen LogP contribution is 2.15. The van der Waals surface area contributed by atoms with E-state index in [2.05, 4.69) is 10.7 Å². The summed E-state index contributed by atoms with van der Waals surface area (Å²) in [6.45, 7) is 5.11. The van der Waals surface area contributed by atoms with Crippen molar-refractivity contribution < 1.29 is 43.3 Å². The number of aliphatic carboxylic acids is 1. The number of esters is 2. The molecule has 0 unspecified atom stereocenters. The molecule has 0 heterocycles. The van der Waals surface area contributed by atoms with Crippen LogP contribution < -0.4 is 16.2 Å². The number of carboxylic acid groups (broad SMARTS) is 1. The Bertz CT molecular complexity index is 1500. The first-order valence-electron chi connectivity index (χ1n) is 12.8. The first-order chi connectivity index (χ1) is 20.0. The average Bonchev–Trinajstić information content (AvgIpc) is 2.97. The van der Waals surface area contributed by atoms with E-state index in [1.54, 1.807) is 45.0 Å². The number of hydrogen-bond donors (Lipinski definition) is 4. The van der Waals surface area contributed by atoms with Crippen LogP contribution in [0.3, 0.4) is 0 Å². The Labute approximate surface area is 241 Å². The SMILES string of the molecule is CCC(=O)Nc1ccc(C(=O)NNC(=O)[C@H](OC(=O)c2cccc(C)c2)[C@H](OC(=O)c2cccc(C)c2)C(=O)O)cc1. The number of carbonyl (C=O) groups excluding carboxylic acids is 5. The summed E-state index contributed by atoms with van der Waals surface area (Å²) in [6.07, 6.45) is -4.21. The molecule has 218 valence electrons. The number of carboxylic acids is 1. The molecule has 0 saturated carbocycles. The highest BCUT2D eigenvalue weighted by Gasteiger charge is 2.41. The van der Waals surface area contributed by atoms with Gasteiger partial charge in [-0.2, -0.15) is 0 Å². The molecule has 0 aliphatic rings. The van der Waals surface area contributed by atoms with Gasteiger partial charge in [0.15, 0.2) is 0 Å². The molecular weight excluding hydrogens is 546 g/mol. The highest BCUT2D eigenvalue weighted by atomic mass is 16.6. The number of carbonyl (C=O) groups is 6. The first-order valence-corrected chi connectivity index (χ1v) is 12.8. The van der Waals surface area contributed by atoms with Gasteiger partial charge in [-0.05, 0) is 62.4 Å². The van der Waals surface area contributed by atoms with E-state index in [0.717, 1.165) is 0 Å². The van der Waals surface area contributed by atoms with Gasteiger partial charge in [-0.3, -0.25) is 25.2 Å². The van der Waals surface area contributed by atoms with Gasteiger partial charge < -0.3 is 19.9 Å². The van der Waals surface area contributed by atoms with Crippen LogP contribution in [0.5, 0.6) is 0 Å². The van der Waals surface area contributed by atoms with Crippen LogP contribution in [0, 0.1) is 13.8 Å². The zero-order valence-electron chi connectivity index (χ0n) is 23.0. The van der Waals surface area contributed by atoms with E-state index in [1.165, 1.54) is 48.5 Å². The minimum Gasteiger partial charge on any atom is -0.478 e. The van der Waals surface area contributed by atoms with E-state index in [0.29, 0.717) is 16.8 Å². The molecule has 3 amide bonds. The topological polar surface area (TPSA) is 177 Å². The third-order valence-electron chi connectivity index (χ3n) is 5.80. The fraction of sp³-hybridized carbons (Fsp3) is 0.200. The second kappa shape index (κ2) is 14.2. The van der Waals surface area contributed by atoms with E-state index in [1.807, 2.05) is 5.43 Å². The van der Waals surface area contributed by atoms with Gasteiger partial charge in [-0.1, -0.05) is 42.3 Å². The first kappa shape index (κ1) is 31.0. The van der Waals surface area contributed by atoms with Crippen LogP contribution in [0.25, 0.3) is 0 Å². The van der Waals surface area contributed by atoms with Gasteiger partial charge in [0.05, 0.1) is 11.1 Å². The molecule has 0 aromatic heterocycles. The number of nitrogens with one attached hydrogen (secondary N) is 3. The Morgan fingerprint density at radius 1 is 0.714 bits per heavy atom. The van der Waals surface area contributed by atoms with Gasteiger partial charge in [0.1, 0.15) is 0 Å². The monoisotopic (exact) mass is 575 g/mol. The maximum atomic E-state index is 13.1. The molecule has 0 radical (unpaired) electrons. The maximum absolute atomic E-state index is 13.1. The minimum absolute atomic E-state index is 0.0114. The molecule has 0 fully saturated rings.